The Hall–Kier alpha value is -1.68. The van der Waals surface area contributed by atoms with Gasteiger partial charge in [0.05, 0.1) is 13.0 Å². The third-order valence-electron chi connectivity index (χ3n) is 1.86. The van der Waals surface area contributed by atoms with Crippen LogP contribution < -0.4 is 0 Å². The number of pyridine rings is 1. The van der Waals surface area contributed by atoms with Gasteiger partial charge in [0.1, 0.15) is 0 Å². The summed E-state index contributed by atoms with van der Waals surface area (Å²) in [7, 11) is 1.57. The minimum Gasteiger partial charge on any atom is -0.481 e. The monoisotopic (exact) mass is 207 g/mol. The quantitative estimate of drug-likeness (QED) is 0.796. The van der Waals surface area contributed by atoms with Crippen LogP contribution in [0.2, 0.25) is 0 Å². The highest BCUT2D eigenvalue weighted by Crippen LogP contribution is 2.13. The number of aliphatic carboxylic acids is 1. The highest BCUT2D eigenvalue weighted by atomic mass is 16.5. The summed E-state index contributed by atoms with van der Waals surface area (Å²) in [5, 5.41) is 8.58. The number of hydrogen-bond donors (Lipinski definition) is 1. The van der Waals surface area contributed by atoms with E-state index in [-0.39, 0.29) is 6.42 Å². The second-order valence-electron chi connectivity index (χ2n) is 3.00. The Kier molecular flexibility index (Phi) is 4.50. The summed E-state index contributed by atoms with van der Waals surface area (Å²) in [5.74, 6) is -0.854. The summed E-state index contributed by atoms with van der Waals surface area (Å²) < 4.78 is 5.00. The molecule has 1 rings (SSSR count). The van der Waals surface area contributed by atoms with E-state index in [4.69, 9.17) is 9.84 Å². The van der Waals surface area contributed by atoms with E-state index in [0.717, 1.165) is 11.1 Å². The van der Waals surface area contributed by atoms with Gasteiger partial charge in [0.25, 0.3) is 0 Å². The molecule has 0 atom stereocenters. The van der Waals surface area contributed by atoms with Crippen molar-refractivity contribution in [3.8, 4) is 0 Å². The molecule has 0 unspecified atom stereocenters. The van der Waals surface area contributed by atoms with Gasteiger partial charge in [-0.15, -0.1) is 0 Å². The maximum atomic E-state index is 10.4. The average molecular weight is 207 g/mol. The number of rotatable bonds is 5. The third-order valence-corrected chi connectivity index (χ3v) is 1.86. The number of hydrogen-bond acceptors (Lipinski definition) is 3. The molecule has 0 aliphatic heterocycles. The van der Waals surface area contributed by atoms with Gasteiger partial charge in [0.2, 0.25) is 0 Å². The van der Waals surface area contributed by atoms with Gasteiger partial charge in [-0.2, -0.15) is 0 Å². The summed E-state index contributed by atoms with van der Waals surface area (Å²) in [6.45, 7) is 0.388. The number of ether oxygens (including phenoxy) is 1. The molecule has 0 radical (unpaired) electrons. The van der Waals surface area contributed by atoms with Crippen molar-refractivity contribution in [2.24, 2.45) is 0 Å². The van der Waals surface area contributed by atoms with E-state index in [9.17, 15) is 4.79 Å². The second kappa shape index (κ2) is 5.93. The molecule has 0 bridgehead atoms. The van der Waals surface area contributed by atoms with Crippen molar-refractivity contribution in [2.45, 2.75) is 6.42 Å². The normalized spacial score (nSPS) is 11.4. The van der Waals surface area contributed by atoms with Gasteiger partial charge in [-0.25, -0.2) is 0 Å². The molecule has 1 heterocycles. The van der Waals surface area contributed by atoms with Crippen LogP contribution in [0.1, 0.15) is 12.0 Å². The first-order valence-electron chi connectivity index (χ1n) is 4.54. The fourth-order valence-electron chi connectivity index (χ4n) is 1.18. The van der Waals surface area contributed by atoms with E-state index in [1.54, 1.807) is 31.6 Å². The minimum atomic E-state index is -0.854. The first-order valence-corrected chi connectivity index (χ1v) is 4.54. The lowest BCUT2D eigenvalue weighted by Gasteiger charge is -2.05. The molecule has 4 heteroatoms. The number of methoxy groups -OCH3 is 1. The standard InChI is InChI=1S/C11H13NO3/c1-15-8-10(4-5-11(13)14)9-3-2-6-12-7-9/h2-4,6-7H,5,8H2,1H3,(H,13,14)/b10-4+. The van der Waals surface area contributed by atoms with Crippen molar-refractivity contribution in [2.75, 3.05) is 13.7 Å². The Morgan fingerprint density at radius 1 is 1.67 bits per heavy atom. The molecule has 15 heavy (non-hydrogen) atoms. The SMILES string of the molecule is COC/C(=C\CC(=O)O)c1cccnc1. The van der Waals surface area contributed by atoms with Crippen LogP contribution in [0.5, 0.6) is 0 Å². The number of aromatic nitrogens is 1. The van der Waals surface area contributed by atoms with E-state index < -0.39 is 5.97 Å². The van der Waals surface area contributed by atoms with Gasteiger partial charge >= 0.3 is 5.97 Å². The smallest absolute Gasteiger partial charge is 0.307 e. The lowest BCUT2D eigenvalue weighted by molar-refractivity contribution is -0.135. The molecule has 0 spiro atoms. The Bertz CT molecular complexity index is 346. The zero-order valence-electron chi connectivity index (χ0n) is 8.51. The van der Waals surface area contributed by atoms with Crippen molar-refractivity contribution in [3.63, 3.8) is 0 Å². The number of carbonyl (C=O) groups is 1. The molecular formula is C11H13NO3. The van der Waals surface area contributed by atoms with Gasteiger partial charge in [0, 0.05) is 19.5 Å². The van der Waals surface area contributed by atoms with Crippen LogP contribution in [0.15, 0.2) is 30.6 Å². The lowest BCUT2D eigenvalue weighted by atomic mass is 10.1. The zero-order valence-corrected chi connectivity index (χ0v) is 8.51. The maximum Gasteiger partial charge on any atom is 0.307 e. The predicted molar refractivity (Wildman–Crippen MR) is 56.3 cm³/mol. The summed E-state index contributed by atoms with van der Waals surface area (Å²) in [6.07, 6.45) is 4.99. The van der Waals surface area contributed by atoms with Crippen LogP contribution in [-0.2, 0) is 9.53 Å². The van der Waals surface area contributed by atoms with Crippen LogP contribution in [0, 0.1) is 0 Å². The first-order chi connectivity index (χ1) is 7.24. The average Bonchev–Trinajstić information content (AvgIpc) is 2.25. The van der Waals surface area contributed by atoms with Crippen LogP contribution in [-0.4, -0.2) is 29.8 Å². The molecule has 0 fully saturated rings. The fourth-order valence-corrected chi connectivity index (χ4v) is 1.18. The molecule has 0 aliphatic rings. The summed E-state index contributed by atoms with van der Waals surface area (Å²) in [6, 6.07) is 3.68. The summed E-state index contributed by atoms with van der Waals surface area (Å²) in [5.41, 5.74) is 1.73. The maximum absolute atomic E-state index is 10.4. The number of nitrogens with zero attached hydrogens (tertiary/aromatic N) is 1. The van der Waals surface area contributed by atoms with Gasteiger partial charge < -0.3 is 9.84 Å². The van der Waals surface area contributed by atoms with E-state index in [1.807, 2.05) is 6.07 Å². The Morgan fingerprint density at radius 2 is 2.47 bits per heavy atom. The van der Waals surface area contributed by atoms with Gasteiger partial charge in [-0.1, -0.05) is 12.1 Å². The Balaban J connectivity index is 2.83. The van der Waals surface area contributed by atoms with Crippen LogP contribution in [0.4, 0.5) is 0 Å². The van der Waals surface area contributed by atoms with Crippen molar-refractivity contribution in [1.29, 1.82) is 0 Å². The first kappa shape index (κ1) is 11.4. The van der Waals surface area contributed by atoms with E-state index >= 15 is 0 Å². The minimum absolute atomic E-state index is 0.00636. The Morgan fingerprint density at radius 3 is 3.00 bits per heavy atom. The van der Waals surface area contributed by atoms with E-state index in [0.29, 0.717) is 6.61 Å². The highest BCUT2D eigenvalue weighted by Gasteiger charge is 2.02. The highest BCUT2D eigenvalue weighted by molar-refractivity contribution is 5.74. The topological polar surface area (TPSA) is 59.4 Å². The predicted octanol–water partition coefficient (Wildman–Crippen LogP) is 1.59. The molecule has 1 aromatic heterocycles. The molecule has 1 N–H and O–H groups in total. The van der Waals surface area contributed by atoms with Crippen LogP contribution >= 0.6 is 0 Å². The molecule has 0 saturated carbocycles. The molecular weight excluding hydrogens is 194 g/mol. The summed E-state index contributed by atoms with van der Waals surface area (Å²) in [4.78, 5) is 14.4. The van der Waals surface area contributed by atoms with E-state index in [2.05, 4.69) is 4.98 Å². The molecule has 0 aliphatic carbocycles. The largest absolute Gasteiger partial charge is 0.481 e. The third kappa shape index (κ3) is 3.91. The number of carboxylic acid groups (broad SMARTS) is 1. The molecule has 0 amide bonds. The molecule has 0 saturated heterocycles. The lowest BCUT2D eigenvalue weighted by Crippen LogP contribution is -1.97. The number of carboxylic acids is 1. The fraction of sp³-hybridized carbons (Fsp3) is 0.273. The van der Waals surface area contributed by atoms with Crippen molar-refractivity contribution < 1.29 is 14.6 Å². The van der Waals surface area contributed by atoms with Gasteiger partial charge in [0.15, 0.2) is 0 Å². The molecule has 80 valence electrons. The van der Waals surface area contributed by atoms with Crippen molar-refractivity contribution in [3.05, 3.63) is 36.2 Å². The van der Waals surface area contributed by atoms with Gasteiger partial charge in [-0.3, -0.25) is 9.78 Å². The van der Waals surface area contributed by atoms with Gasteiger partial charge in [-0.05, 0) is 17.2 Å². The van der Waals surface area contributed by atoms with E-state index in [1.165, 1.54) is 0 Å². The zero-order chi connectivity index (χ0) is 11.1. The van der Waals surface area contributed by atoms with Crippen molar-refractivity contribution >= 4 is 11.5 Å². The molecule has 4 nitrogen and oxygen atoms in total. The molecule has 0 aromatic carbocycles. The van der Waals surface area contributed by atoms with Crippen molar-refractivity contribution in [1.82, 2.24) is 4.98 Å². The van der Waals surface area contributed by atoms with Crippen LogP contribution in [0.25, 0.3) is 5.57 Å². The second-order valence-corrected chi connectivity index (χ2v) is 3.00. The Labute approximate surface area is 88.2 Å². The van der Waals surface area contributed by atoms with Crippen LogP contribution in [0.3, 0.4) is 0 Å². The molecule has 1 aromatic rings. The summed E-state index contributed by atoms with van der Waals surface area (Å²) >= 11 is 0.